The van der Waals surface area contributed by atoms with Crippen LogP contribution in [0.3, 0.4) is 0 Å². The van der Waals surface area contributed by atoms with E-state index in [0.29, 0.717) is 0 Å². The lowest BCUT2D eigenvalue weighted by Gasteiger charge is -2.19. The highest BCUT2D eigenvalue weighted by molar-refractivity contribution is 6.45. The van der Waals surface area contributed by atoms with Gasteiger partial charge in [0, 0.05) is 0 Å². The molecule has 50 heavy (non-hydrogen) atoms. The first-order valence-corrected chi connectivity index (χ1v) is 17.6. The van der Waals surface area contributed by atoms with Crippen LogP contribution in [0, 0.1) is 13.8 Å². The zero-order valence-electron chi connectivity index (χ0n) is 28.0. The first-order valence-electron chi connectivity index (χ1n) is 17.6. The van der Waals surface area contributed by atoms with Gasteiger partial charge in [-0.2, -0.15) is 0 Å². The Hall–Kier alpha value is -6.24. The normalized spacial score (nSPS) is 12.2. The molecule has 0 N–H and O–H groups in total. The maximum absolute atomic E-state index is 2.52. The second-order valence-electron chi connectivity index (χ2n) is 14.0. The van der Waals surface area contributed by atoms with E-state index in [1.54, 1.807) is 0 Å². The van der Waals surface area contributed by atoms with Crippen LogP contribution in [0.5, 0.6) is 0 Å². The molecule has 0 unspecified atom stereocenters. The lowest BCUT2D eigenvalue weighted by Crippen LogP contribution is -1.91. The summed E-state index contributed by atoms with van der Waals surface area (Å²) in [6, 6.07) is 59.1. The third kappa shape index (κ3) is 3.55. The van der Waals surface area contributed by atoms with Gasteiger partial charge in [0.05, 0.1) is 0 Å². The van der Waals surface area contributed by atoms with Crippen LogP contribution in [0.15, 0.2) is 158 Å². The highest BCUT2D eigenvalue weighted by Gasteiger charge is 2.27. The van der Waals surface area contributed by atoms with Crippen LogP contribution in [0.1, 0.15) is 11.1 Å². The summed E-state index contributed by atoms with van der Waals surface area (Å²) in [5.41, 5.74) is 10.4. The molecule has 0 bridgehead atoms. The van der Waals surface area contributed by atoms with Gasteiger partial charge >= 0.3 is 0 Å². The monoisotopic (exact) mass is 632 g/mol. The second-order valence-corrected chi connectivity index (χ2v) is 14.0. The van der Waals surface area contributed by atoms with Gasteiger partial charge in [-0.3, -0.25) is 0 Å². The van der Waals surface area contributed by atoms with Crippen molar-refractivity contribution in [1.82, 2.24) is 0 Å². The zero-order chi connectivity index (χ0) is 33.1. The number of rotatable bonds is 3. The Bertz CT molecular complexity index is 3110. The summed E-state index contributed by atoms with van der Waals surface area (Å²) in [4.78, 5) is 0. The molecule has 11 aromatic rings. The van der Waals surface area contributed by atoms with Crippen LogP contribution in [0.25, 0.3) is 109 Å². The molecule has 232 valence electrons. The van der Waals surface area contributed by atoms with E-state index in [4.69, 9.17) is 0 Å². The number of hydrogen-bond acceptors (Lipinski definition) is 0. The molecule has 11 aromatic carbocycles. The molecule has 0 heterocycles. The fourth-order valence-electron chi connectivity index (χ4n) is 9.47. The Labute approximate surface area is 290 Å². The van der Waals surface area contributed by atoms with E-state index in [-0.39, 0.29) is 0 Å². The molecule has 0 spiro atoms. The lowest BCUT2D eigenvalue weighted by atomic mass is 9.84. The molecule has 0 aliphatic carbocycles. The fourth-order valence-corrected chi connectivity index (χ4v) is 9.47. The molecule has 0 saturated carbocycles. The Morgan fingerprint density at radius 1 is 0.260 bits per heavy atom. The molecular weight excluding hydrogens is 601 g/mol. The Morgan fingerprint density at radius 3 is 1.44 bits per heavy atom. The highest BCUT2D eigenvalue weighted by Crippen LogP contribution is 2.55. The van der Waals surface area contributed by atoms with Crippen molar-refractivity contribution in [3.05, 3.63) is 169 Å². The van der Waals surface area contributed by atoms with E-state index in [2.05, 4.69) is 172 Å². The Balaban J connectivity index is 1.46. The van der Waals surface area contributed by atoms with E-state index in [0.717, 1.165) is 0 Å². The van der Waals surface area contributed by atoms with Gasteiger partial charge in [-0.25, -0.2) is 0 Å². The minimum absolute atomic E-state index is 1.25. The van der Waals surface area contributed by atoms with Gasteiger partial charge in [-0.1, -0.05) is 152 Å². The summed E-state index contributed by atoms with van der Waals surface area (Å²) in [6.07, 6.45) is 0. The number of benzene rings is 9. The average molecular weight is 633 g/mol. The topological polar surface area (TPSA) is 0 Å². The highest BCUT2D eigenvalue weighted by atomic mass is 14.3. The molecule has 0 aromatic heterocycles. The number of fused-ring (bicyclic) bond motifs is 8. The van der Waals surface area contributed by atoms with E-state index in [1.165, 1.54) is 120 Å². The third-order valence-electron chi connectivity index (χ3n) is 11.4. The Morgan fingerprint density at radius 2 is 0.740 bits per heavy atom. The third-order valence-corrected chi connectivity index (χ3v) is 11.4. The predicted molar refractivity (Wildman–Crippen MR) is 217 cm³/mol. The minimum Gasteiger partial charge on any atom is -0.0622 e. The predicted octanol–water partition coefficient (Wildman–Crippen LogP) is 14.3. The van der Waals surface area contributed by atoms with Crippen LogP contribution < -0.4 is 0 Å². The van der Waals surface area contributed by atoms with Crippen molar-refractivity contribution < 1.29 is 0 Å². The molecule has 0 aliphatic heterocycles. The summed E-state index contributed by atoms with van der Waals surface area (Å²) in [6.45, 7) is 4.49. The maximum Gasteiger partial charge on any atom is -0.000719 e. The molecule has 0 radical (unpaired) electrons. The van der Waals surface area contributed by atoms with Gasteiger partial charge < -0.3 is 0 Å². The van der Waals surface area contributed by atoms with E-state index in [9.17, 15) is 0 Å². The van der Waals surface area contributed by atoms with Gasteiger partial charge in [-0.05, 0) is 140 Å². The molecule has 0 heteroatoms. The van der Waals surface area contributed by atoms with Crippen LogP contribution in [-0.4, -0.2) is 0 Å². The van der Waals surface area contributed by atoms with Crippen molar-refractivity contribution >= 4 is 75.4 Å². The van der Waals surface area contributed by atoms with E-state index >= 15 is 0 Å². The van der Waals surface area contributed by atoms with Crippen molar-refractivity contribution in [2.24, 2.45) is 0 Å². The standard InChI is InChI=1S/C50H32/c1-29-14-11-15-30(2)43(29)37-26-27-40-46-36(37)23-13-25-39(46)50-45(32-18-7-4-8-19-32)48-38-24-12-22-35-33-20-9-10-21-34(33)41(47(35)38)28-42(48)44(49(40)50)31-16-5-3-6-17-31/h3-28H,1-2H3. The van der Waals surface area contributed by atoms with Crippen molar-refractivity contribution in [1.29, 1.82) is 0 Å². The van der Waals surface area contributed by atoms with E-state index in [1.807, 2.05) is 0 Å². The summed E-state index contributed by atoms with van der Waals surface area (Å²) in [7, 11) is 0. The molecule has 0 nitrogen and oxygen atoms in total. The minimum atomic E-state index is 1.25. The number of hydrogen-bond donors (Lipinski definition) is 0. The van der Waals surface area contributed by atoms with Crippen molar-refractivity contribution in [2.45, 2.75) is 13.8 Å². The van der Waals surface area contributed by atoms with Crippen molar-refractivity contribution in [3.63, 3.8) is 0 Å². The summed E-state index contributed by atoms with van der Waals surface area (Å²) < 4.78 is 0. The van der Waals surface area contributed by atoms with Crippen LogP contribution >= 0.6 is 0 Å². The van der Waals surface area contributed by atoms with Crippen molar-refractivity contribution in [3.8, 4) is 33.4 Å². The smallest absolute Gasteiger partial charge is 0.000719 e. The van der Waals surface area contributed by atoms with Gasteiger partial charge in [0.2, 0.25) is 0 Å². The number of aryl methyl sites for hydroxylation is 2. The molecular formula is C50H32. The SMILES string of the molecule is Cc1cccc(C)c1-c1ccc2c3c(-c4ccccc4)c4cc5c6ccccc6c6cccc(c4c(-c4ccccc4)c3c3cccc1c23)c65. The molecule has 11 rings (SSSR count). The molecule has 0 amide bonds. The maximum atomic E-state index is 2.52. The largest absolute Gasteiger partial charge is 0.0622 e. The first-order chi connectivity index (χ1) is 24.7. The van der Waals surface area contributed by atoms with Crippen LogP contribution in [0.4, 0.5) is 0 Å². The van der Waals surface area contributed by atoms with Crippen molar-refractivity contribution in [2.75, 3.05) is 0 Å². The average Bonchev–Trinajstić information content (AvgIpc) is 3.66. The fraction of sp³-hybridized carbons (Fsp3) is 0.0400. The zero-order valence-corrected chi connectivity index (χ0v) is 28.0. The van der Waals surface area contributed by atoms with Gasteiger partial charge in [0.15, 0.2) is 0 Å². The summed E-state index contributed by atoms with van der Waals surface area (Å²) >= 11 is 0. The molecule has 0 atom stereocenters. The molecule has 0 fully saturated rings. The summed E-state index contributed by atoms with van der Waals surface area (Å²) in [5, 5.41) is 18.7. The lowest BCUT2D eigenvalue weighted by molar-refractivity contribution is 1.39. The quantitative estimate of drug-likeness (QED) is 0.170. The second kappa shape index (κ2) is 10.1. The molecule has 0 aliphatic rings. The Kier molecular flexibility index (Phi) is 5.61. The van der Waals surface area contributed by atoms with Gasteiger partial charge in [0.25, 0.3) is 0 Å². The van der Waals surface area contributed by atoms with Gasteiger partial charge in [-0.15, -0.1) is 0 Å². The molecule has 0 saturated heterocycles. The van der Waals surface area contributed by atoms with Gasteiger partial charge in [0.1, 0.15) is 0 Å². The van der Waals surface area contributed by atoms with Crippen LogP contribution in [0.2, 0.25) is 0 Å². The summed E-state index contributed by atoms with van der Waals surface area (Å²) in [5.74, 6) is 0. The first kappa shape index (κ1) is 27.7. The van der Waals surface area contributed by atoms with E-state index < -0.39 is 0 Å². The van der Waals surface area contributed by atoms with Crippen LogP contribution in [-0.2, 0) is 0 Å².